The van der Waals surface area contributed by atoms with Crippen LogP contribution >= 0.6 is 15.9 Å². The molecule has 2 aliphatic heterocycles. The van der Waals surface area contributed by atoms with Crippen LogP contribution in [0.5, 0.6) is 11.5 Å². The fourth-order valence-corrected chi connectivity index (χ4v) is 4.24. The topological polar surface area (TPSA) is 72.5 Å². The molecule has 3 rings (SSSR count). The molecule has 170 valence electrons. The fraction of sp³-hybridized carbons (Fsp3) is 0.667. The highest BCUT2D eigenvalue weighted by molar-refractivity contribution is 9.10. The molecular weight excluding hydrogens is 454 g/mol. The number of hydrogen-bond acceptors (Lipinski definition) is 7. The highest BCUT2D eigenvalue weighted by Gasteiger charge is 2.46. The predicted octanol–water partition coefficient (Wildman–Crippen LogP) is 1.40. The molecule has 0 unspecified atom stereocenters. The van der Waals surface area contributed by atoms with E-state index in [4.69, 9.17) is 18.9 Å². The molecule has 1 spiro atoms. The van der Waals surface area contributed by atoms with Gasteiger partial charge in [0.15, 0.2) is 0 Å². The number of hydrogen-bond donors (Lipinski definition) is 1. The maximum absolute atomic E-state index is 10.2. The molecule has 2 heterocycles. The second-order valence-electron chi connectivity index (χ2n) is 7.56. The summed E-state index contributed by atoms with van der Waals surface area (Å²) in [5.74, 6) is 1.53. The van der Waals surface area contributed by atoms with Crippen LogP contribution in [0, 0.1) is 0 Å². The third-order valence-electron chi connectivity index (χ3n) is 5.47. The van der Waals surface area contributed by atoms with Crippen LogP contribution in [0.1, 0.15) is 5.56 Å². The lowest BCUT2D eigenvalue weighted by Gasteiger charge is -2.54. The first kappa shape index (κ1) is 24.9. The number of benzene rings is 1. The van der Waals surface area contributed by atoms with Gasteiger partial charge in [-0.2, -0.15) is 0 Å². The first-order valence-electron chi connectivity index (χ1n) is 10.1. The van der Waals surface area contributed by atoms with Crippen molar-refractivity contribution in [2.24, 2.45) is 0 Å². The number of ether oxygens (including phenoxy) is 4. The van der Waals surface area contributed by atoms with E-state index in [2.05, 4.69) is 38.1 Å². The number of amides is 1. The lowest BCUT2D eigenvalue weighted by molar-refractivity contribution is -0.169. The molecule has 2 aliphatic rings. The van der Waals surface area contributed by atoms with Crippen LogP contribution in [0.4, 0.5) is 0 Å². The largest absolute Gasteiger partial charge is 0.496 e. The Bertz CT molecular complexity index is 670. The zero-order valence-electron chi connectivity index (χ0n) is 18.4. The van der Waals surface area contributed by atoms with Gasteiger partial charge in [-0.25, -0.2) is 0 Å². The summed E-state index contributed by atoms with van der Waals surface area (Å²) in [7, 11) is 7.18. The van der Waals surface area contributed by atoms with Crippen molar-refractivity contribution in [3.63, 3.8) is 0 Å². The molecule has 1 amide bonds. The van der Waals surface area contributed by atoms with Gasteiger partial charge in [0.05, 0.1) is 44.1 Å². The number of halogens is 1. The molecule has 0 saturated carbocycles. The summed E-state index contributed by atoms with van der Waals surface area (Å²) < 4.78 is 21.8. The van der Waals surface area contributed by atoms with Crippen LogP contribution in [-0.4, -0.2) is 103 Å². The van der Waals surface area contributed by atoms with Crippen LogP contribution in [-0.2, 0) is 20.7 Å². The molecule has 9 heteroatoms. The number of carbonyl (C=O) groups excluding carboxylic acids is 1. The Morgan fingerprint density at radius 3 is 2.50 bits per heavy atom. The Morgan fingerprint density at radius 2 is 1.93 bits per heavy atom. The van der Waals surface area contributed by atoms with E-state index < -0.39 is 0 Å². The Labute approximate surface area is 187 Å². The van der Waals surface area contributed by atoms with Gasteiger partial charge in [0.25, 0.3) is 0 Å². The molecule has 0 radical (unpaired) electrons. The highest BCUT2D eigenvalue weighted by atomic mass is 79.9. The molecule has 0 aromatic heterocycles. The molecule has 8 nitrogen and oxygen atoms in total. The lowest BCUT2D eigenvalue weighted by Crippen LogP contribution is -2.71. The summed E-state index contributed by atoms with van der Waals surface area (Å²) in [6.45, 7) is 7.65. The molecule has 1 aromatic rings. The van der Waals surface area contributed by atoms with E-state index in [1.807, 2.05) is 12.1 Å². The van der Waals surface area contributed by atoms with Crippen molar-refractivity contribution in [3.05, 3.63) is 22.2 Å². The van der Waals surface area contributed by atoms with Crippen LogP contribution in [0.2, 0.25) is 0 Å². The van der Waals surface area contributed by atoms with Crippen molar-refractivity contribution in [2.45, 2.75) is 12.0 Å². The summed E-state index contributed by atoms with van der Waals surface area (Å²) in [5.41, 5.74) is 1.29. The van der Waals surface area contributed by atoms with Gasteiger partial charge in [0, 0.05) is 39.8 Å². The molecular formula is C21H34BrN3O5. The number of rotatable bonds is 9. The van der Waals surface area contributed by atoms with Gasteiger partial charge in [-0.05, 0) is 47.1 Å². The maximum atomic E-state index is 10.2. The Balaban J connectivity index is 0.000000215. The van der Waals surface area contributed by atoms with Crippen LogP contribution in [0.25, 0.3) is 0 Å². The third kappa shape index (κ3) is 6.55. The fourth-order valence-electron chi connectivity index (χ4n) is 3.76. The second kappa shape index (κ2) is 12.5. The molecule has 0 atom stereocenters. The van der Waals surface area contributed by atoms with Gasteiger partial charge >= 0.3 is 0 Å². The van der Waals surface area contributed by atoms with E-state index in [0.717, 1.165) is 67.5 Å². The zero-order valence-corrected chi connectivity index (χ0v) is 20.0. The van der Waals surface area contributed by atoms with E-state index in [1.54, 1.807) is 21.3 Å². The van der Waals surface area contributed by atoms with E-state index >= 15 is 0 Å². The summed E-state index contributed by atoms with van der Waals surface area (Å²) in [4.78, 5) is 15.1. The summed E-state index contributed by atoms with van der Waals surface area (Å²) in [5, 5.41) is 2.61. The summed E-state index contributed by atoms with van der Waals surface area (Å²) in [6, 6.07) is 3.75. The number of carbonyl (C=O) groups is 1. The standard InChI is InChI=1S/C11H14BrNO3.C10H20N2O2/c1-15-10-6-9(12)11(16-2)5-8(10)3-4-13-7-14;1-11-3-4-12(5-6-13-2)10(7-11)8-14-9-10/h5-7H,3-4H2,1-2H3,(H,13,14);3-9H2,1-2H3. The lowest BCUT2D eigenvalue weighted by atomic mass is 9.92. The zero-order chi connectivity index (χ0) is 22.0. The number of likely N-dealkylation sites (N-methyl/N-ethyl adjacent to an activating group) is 1. The molecule has 1 aromatic carbocycles. The Morgan fingerprint density at radius 1 is 1.20 bits per heavy atom. The first-order valence-corrected chi connectivity index (χ1v) is 10.9. The van der Waals surface area contributed by atoms with Gasteiger partial charge in [-0.3, -0.25) is 9.69 Å². The molecule has 30 heavy (non-hydrogen) atoms. The second-order valence-corrected chi connectivity index (χ2v) is 8.41. The molecule has 0 aliphatic carbocycles. The van der Waals surface area contributed by atoms with Crippen molar-refractivity contribution < 1.29 is 23.7 Å². The average Bonchev–Trinajstić information content (AvgIpc) is 2.73. The van der Waals surface area contributed by atoms with Crippen molar-refractivity contribution in [1.29, 1.82) is 0 Å². The van der Waals surface area contributed by atoms with Gasteiger partial charge in [0.1, 0.15) is 11.5 Å². The van der Waals surface area contributed by atoms with E-state index in [1.165, 1.54) is 0 Å². The maximum Gasteiger partial charge on any atom is 0.207 e. The summed E-state index contributed by atoms with van der Waals surface area (Å²) >= 11 is 3.39. The third-order valence-corrected chi connectivity index (χ3v) is 6.09. The van der Waals surface area contributed by atoms with Gasteiger partial charge < -0.3 is 29.2 Å². The van der Waals surface area contributed by atoms with Crippen molar-refractivity contribution in [1.82, 2.24) is 15.1 Å². The number of nitrogens with zero attached hydrogens (tertiary/aromatic N) is 2. The van der Waals surface area contributed by atoms with Gasteiger partial charge in [-0.1, -0.05) is 0 Å². The van der Waals surface area contributed by atoms with Crippen molar-refractivity contribution in [2.75, 3.05) is 80.9 Å². The number of methoxy groups -OCH3 is 3. The Hall–Kier alpha value is -1.39. The predicted molar refractivity (Wildman–Crippen MR) is 120 cm³/mol. The van der Waals surface area contributed by atoms with Crippen molar-refractivity contribution in [3.8, 4) is 11.5 Å². The van der Waals surface area contributed by atoms with E-state index in [0.29, 0.717) is 24.9 Å². The SMILES string of the molecule is COCCN1CCN(C)CC12COC2.COc1cc(CCNC=O)c(OC)cc1Br. The van der Waals surface area contributed by atoms with Crippen molar-refractivity contribution >= 4 is 22.3 Å². The Kier molecular flexibility index (Phi) is 10.3. The van der Waals surface area contributed by atoms with E-state index in [-0.39, 0.29) is 0 Å². The number of nitrogens with one attached hydrogen (secondary N) is 1. The first-order chi connectivity index (χ1) is 14.5. The minimum atomic E-state index is 0.297. The van der Waals surface area contributed by atoms with Gasteiger partial charge in [0.2, 0.25) is 6.41 Å². The monoisotopic (exact) mass is 487 g/mol. The quantitative estimate of drug-likeness (QED) is 0.416. The molecule has 0 bridgehead atoms. The van der Waals surface area contributed by atoms with Crippen LogP contribution in [0.15, 0.2) is 16.6 Å². The smallest absolute Gasteiger partial charge is 0.207 e. The highest BCUT2D eigenvalue weighted by Crippen LogP contribution is 2.33. The molecule has 1 N–H and O–H groups in total. The molecule has 2 fully saturated rings. The average molecular weight is 488 g/mol. The van der Waals surface area contributed by atoms with Gasteiger partial charge in [-0.15, -0.1) is 0 Å². The van der Waals surface area contributed by atoms with Crippen LogP contribution < -0.4 is 14.8 Å². The minimum Gasteiger partial charge on any atom is -0.496 e. The number of piperazine rings is 1. The minimum absolute atomic E-state index is 0.297. The van der Waals surface area contributed by atoms with Crippen LogP contribution in [0.3, 0.4) is 0 Å². The normalized spacial score (nSPS) is 18.2. The van der Waals surface area contributed by atoms with E-state index in [9.17, 15) is 4.79 Å². The molecule has 2 saturated heterocycles. The summed E-state index contributed by atoms with van der Waals surface area (Å²) in [6.07, 6.45) is 1.38.